The Morgan fingerprint density at radius 2 is 1.38 bits per heavy atom. The molecule has 1 fully saturated rings. The summed E-state index contributed by atoms with van der Waals surface area (Å²) in [7, 11) is 1.38. The van der Waals surface area contributed by atoms with Crippen LogP contribution in [-0.4, -0.2) is 65.5 Å². The molecule has 4 rings (SSSR count). The average Bonchev–Trinajstić information content (AvgIpc) is 3.20. The van der Waals surface area contributed by atoms with Crippen LogP contribution in [0.5, 0.6) is 0 Å². The molecule has 3 aromatic carbocycles. The second-order valence-corrected chi connectivity index (χ2v) is 14.6. The van der Waals surface area contributed by atoms with Gasteiger partial charge in [-0.3, -0.25) is 19.3 Å². The van der Waals surface area contributed by atoms with E-state index >= 15 is 0 Å². The maximum atomic E-state index is 14.2. The number of ether oxygens (including phenoxy) is 2. The molecule has 0 radical (unpaired) electrons. The van der Waals surface area contributed by atoms with Gasteiger partial charge in [-0.2, -0.15) is 26.3 Å². The van der Waals surface area contributed by atoms with Crippen LogP contribution in [0.4, 0.5) is 31.1 Å². The fourth-order valence-corrected chi connectivity index (χ4v) is 6.69. The van der Waals surface area contributed by atoms with Crippen molar-refractivity contribution in [3.63, 3.8) is 0 Å². The molecule has 0 saturated carbocycles. The van der Waals surface area contributed by atoms with E-state index in [0.29, 0.717) is 48.4 Å². The number of carbonyl (C=O) groups is 4. The molecule has 0 aliphatic carbocycles. The number of hydrogen-bond donors (Lipinski definition) is 2. The minimum atomic E-state index is -5.07. The standard InChI is InChI=1S/C36H38ClF6N3O5.C4H6Cl2O/c1-24(26-18-28(35(38,39)40)20-29(19-26)36(41,42)43)51-23-34(27-12-7-4-8-13-27)16-15-33(31(48)44-2,45-30(47)14-9-17-37)22-46(34)32(49)50-21-25-10-5-3-6-11-25;5-3-1-2-4(6)7/h3-8,10-13,18-20,24H,9,14-17,21-23H2,1-2H3,(H,44,48)(H,45,47);1-3H2/t24-,33?,34-;/m1./s1. The molecular weight excluding hydrogens is 839 g/mol. The summed E-state index contributed by atoms with van der Waals surface area (Å²) in [5.41, 5.74) is -5.34. The third-order valence-corrected chi connectivity index (χ3v) is 10.1. The molecule has 1 aliphatic heterocycles. The van der Waals surface area contributed by atoms with E-state index in [0.717, 1.165) is 0 Å². The Morgan fingerprint density at radius 3 is 1.88 bits per heavy atom. The van der Waals surface area contributed by atoms with Gasteiger partial charge in [-0.25, -0.2) is 4.79 Å². The number of hydrogen-bond acceptors (Lipinski definition) is 6. The third-order valence-electron chi connectivity index (χ3n) is 9.38. The second-order valence-electron chi connectivity index (χ2n) is 13.5. The first kappa shape index (κ1) is 48.3. The van der Waals surface area contributed by atoms with E-state index in [4.69, 9.17) is 44.3 Å². The summed E-state index contributed by atoms with van der Waals surface area (Å²) in [6.07, 6.45) is -11.0. The first-order chi connectivity index (χ1) is 27.3. The van der Waals surface area contributed by atoms with Gasteiger partial charge in [0.25, 0.3) is 0 Å². The summed E-state index contributed by atoms with van der Waals surface area (Å²) in [5.74, 6) is -0.374. The SMILES string of the molecule is CNC(=O)C1(NC(=O)CCCCl)CC[C@@](CO[C@H](C)c2cc(C(F)(F)F)cc(C(F)(F)F)c2)(c2ccccc2)N(C(=O)OCc2ccccc2)C1.O=C(Cl)CCCCl. The summed E-state index contributed by atoms with van der Waals surface area (Å²) in [5, 5.41) is 5.03. The number of carbonyl (C=O) groups excluding carboxylic acids is 4. The number of likely N-dealkylation sites (N-methyl/N-ethyl adjacent to an activating group) is 1. The second kappa shape index (κ2) is 21.8. The van der Waals surface area contributed by atoms with Crippen molar-refractivity contribution in [1.29, 1.82) is 0 Å². The molecule has 3 amide bonds. The number of benzene rings is 3. The number of alkyl halides is 8. The van der Waals surface area contributed by atoms with Crippen molar-refractivity contribution in [3.05, 3.63) is 107 Å². The van der Waals surface area contributed by atoms with Crippen LogP contribution >= 0.6 is 34.8 Å². The molecule has 2 N–H and O–H groups in total. The van der Waals surface area contributed by atoms with E-state index in [9.17, 15) is 45.5 Å². The minimum Gasteiger partial charge on any atom is -0.445 e. The van der Waals surface area contributed by atoms with Crippen LogP contribution in [0, 0.1) is 0 Å². The Morgan fingerprint density at radius 1 is 0.828 bits per heavy atom. The van der Waals surface area contributed by atoms with Gasteiger partial charge in [0.1, 0.15) is 12.1 Å². The number of amides is 3. The van der Waals surface area contributed by atoms with Crippen LogP contribution < -0.4 is 10.6 Å². The van der Waals surface area contributed by atoms with E-state index in [-0.39, 0.29) is 48.6 Å². The Kier molecular flexibility index (Phi) is 18.2. The van der Waals surface area contributed by atoms with Gasteiger partial charge in [-0.15, -0.1) is 23.2 Å². The van der Waals surface area contributed by atoms with Gasteiger partial charge in [-0.1, -0.05) is 60.7 Å². The fraction of sp³-hybridized carbons (Fsp3) is 0.450. The van der Waals surface area contributed by atoms with Crippen LogP contribution in [0.25, 0.3) is 0 Å². The highest BCUT2D eigenvalue weighted by Gasteiger charge is 2.55. The molecule has 18 heteroatoms. The zero-order valence-electron chi connectivity index (χ0n) is 31.7. The summed E-state index contributed by atoms with van der Waals surface area (Å²) in [4.78, 5) is 51.9. The maximum absolute atomic E-state index is 14.2. The summed E-state index contributed by atoms with van der Waals surface area (Å²) >= 11 is 16.0. The fourth-order valence-electron chi connectivity index (χ4n) is 6.29. The van der Waals surface area contributed by atoms with Crippen LogP contribution in [0.2, 0.25) is 0 Å². The van der Waals surface area contributed by atoms with Crippen LogP contribution in [-0.2, 0) is 48.4 Å². The van der Waals surface area contributed by atoms with Gasteiger partial charge in [0.2, 0.25) is 17.1 Å². The van der Waals surface area contributed by atoms with Crippen molar-refractivity contribution >= 4 is 58.0 Å². The molecule has 9 nitrogen and oxygen atoms in total. The average molecular weight is 883 g/mol. The van der Waals surface area contributed by atoms with Crippen molar-refractivity contribution in [2.24, 2.45) is 0 Å². The topological polar surface area (TPSA) is 114 Å². The Balaban J connectivity index is 0.00000117. The van der Waals surface area contributed by atoms with Crippen LogP contribution in [0.3, 0.4) is 0 Å². The molecular formula is C40H44Cl3F6N3O6. The Bertz CT molecular complexity index is 1790. The predicted octanol–water partition coefficient (Wildman–Crippen LogP) is 9.52. The molecule has 0 aromatic heterocycles. The van der Waals surface area contributed by atoms with Crippen molar-refractivity contribution in [1.82, 2.24) is 15.5 Å². The maximum Gasteiger partial charge on any atom is 0.416 e. The number of halogens is 9. The van der Waals surface area contributed by atoms with Crippen LogP contribution in [0.1, 0.15) is 79.4 Å². The quantitative estimate of drug-likeness (QED) is 0.0894. The van der Waals surface area contributed by atoms with Gasteiger partial charge in [0.05, 0.1) is 35.9 Å². The van der Waals surface area contributed by atoms with E-state index in [2.05, 4.69) is 10.6 Å². The minimum absolute atomic E-state index is 0.00204. The predicted molar refractivity (Wildman–Crippen MR) is 207 cm³/mol. The number of piperidine rings is 1. The van der Waals surface area contributed by atoms with Crippen molar-refractivity contribution in [3.8, 4) is 0 Å². The summed E-state index contributed by atoms with van der Waals surface area (Å²) in [6, 6.07) is 18.4. The van der Waals surface area contributed by atoms with E-state index in [1.54, 1.807) is 60.7 Å². The highest BCUT2D eigenvalue weighted by molar-refractivity contribution is 6.63. The number of rotatable bonds is 15. The molecule has 1 aliphatic rings. The lowest BCUT2D eigenvalue weighted by atomic mass is 9.74. The lowest BCUT2D eigenvalue weighted by molar-refractivity contribution is -0.143. The molecule has 318 valence electrons. The summed E-state index contributed by atoms with van der Waals surface area (Å²) in [6.45, 7) is 0.292. The third kappa shape index (κ3) is 13.5. The van der Waals surface area contributed by atoms with E-state index in [1.807, 2.05) is 0 Å². The monoisotopic (exact) mass is 881 g/mol. The number of likely N-dealkylation sites (tertiary alicyclic amines) is 1. The molecule has 0 spiro atoms. The molecule has 3 aromatic rings. The number of nitrogens with one attached hydrogen (secondary N) is 2. The zero-order valence-corrected chi connectivity index (χ0v) is 33.9. The largest absolute Gasteiger partial charge is 0.445 e. The van der Waals surface area contributed by atoms with Gasteiger partial charge in [0, 0.05) is 31.6 Å². The molecule has 58 heavy (non-hydrogen) atoms. The lowest BCUT2D eigenvalue weighted by Crippen LogP contribution is -2.71. The van der Waals surface area contributed by atoms with Crippen molar-refractivity contribution in [2.75, 3.05) is 32.0 Å². The highest BCUT2D eigenvalue weighted by atomic mass is 35.5. The molecule has 1 unspecified atom stereocenters. The first-order valence-electron chi connectivity index (χ1n) is 18.1. The first-order valence-corrected chi connectivity index (χ1v) is 19.5. The molecule has 3 atom stereocenters. The molecule has 0 bridgehead atoms. The van der Waals surface area contributed by atoms with E-state index in [1.165, 1.54) is 18.9 Å². The smallest absolute Gasteiger partial charge is 0.416 e. The van der Waals surface area contributed by atoms with Crippen molar-refractivity contribution in [2.45, 2.75) is 81.6 Å². The summed E-state index contributed by atoms with van der Waals surface area (Å²) < 4.78 is 94.0. The normalized spacial score (nSPS) is 18.6. The lowest BCUT2D eigenvalue weighted by Gasteiger charge is -2.52. The molecule has 1 saturated heterocycles. The Hall–Kier alpha value is -4.05. The Labute approximate surface area is 347 Å². The van der Waals surface area contributed by atoms with Gasteiger partial charge in [0.15, 0.2) is 0 Å². The van der Waals surface area contributed by atoms with Gasteiger partial charge >= 0.3 is 18.4 Å². The van der Waals surface area contributed by atoms with Crippen molar-refractivity contribution < 1.29 is 55.0 Å². The van der Waals surface area contributed by atoms with Gasteiger partial charge in [-0.05, 0) is 79.1 Å². The highest BCUT2D eigenvalue weighted by Crippen LogP contribution is 2.44. The van der Waals surface area contributed by atoms with Crippen LogP contribution in [0.15, 0.2) is 78.9 Å². The number of nitrogens with zero attached hydrogens (tertiary/aromatic N) is 1. The van der Waals surface area contributed by atoms with Gasteiger partial charge < -0.3 is 20.1 Å². The molecule has 1 heterocycles. The zero-order chi connectivity index (χ0) is 43.1. The van der Waals surface area contributed by atoms with E-state index < -0.39 is 71.7 Å².